The van der Waals surface area contributed by atoms with E-state index in [9.17, 15) is 4.79 Å². The van der Waals surface area contributed by atoms with Gasteiger partial charge in [0.25, 0.3) is 0 Å². The van der Waals surface area contributed by atoms with Gasteiger partial charge in [-0.3, -0.25) is 4.79 Å². The van der Waals surface area contributed by atoms with E-state index in [1.54, 1.807) is 12.1 Å². The Kier molecular flexibility index (Phi) is 4.19. The van der Waals surface area contributed by atoms with Gasteiger partial charge < -0.3 is 10.2 Å². The van der Waals surface area contributed by atoms with Crippen molar-refractivity contribution < 1.29 is 4.79 Å². The SMILES string of the molecule is N#Cc1ccc(NCCC(=O)N2CCCC2)cc1. The minimum absolute atomic E-state index is 0.230. The average molecular weight is 243 g/mol. The number of hydrogen-bond acceptors (Lipinski definition) is 3. The second-order valence-corrected chi connectivity index (χ2v) is 4.45. The second kappa shape index (κ2) is 6.06. The highest BCUT2D eigenvalue weighted by Gasteiger charge is 2.16. The summed E-state index contributed by atoms with van der Waals surface area (Å²) in [5, 5.41) is 11.9. The molecule has 1 heterocycles. The molecule has 0 aliphatic carbocycles. The minimum Gasteiger partial charge on any atom is -0.385 e. The Morgan fingerprint density at radius 3 is 2.56 bits per heavy atom. The first-order valence-corrected chi connectivity index (χ1v) is 6.31. The van der Waals surface area contributed by atoms with Gasteiger partial charge in [-0.05, 0) is 37.1 Å². The zero-order chi connectivity index (χ0) is 12.8. The molecular formula is C14H17N3O. The van der Waals surface area contributed by atoms with Crippen LogP contribution in [0.3, 0.4) is 0 Å². The maximum Gasteiger partial charge on any atom is 0.224 e. The number of nitrogens with one attached hydrogen (secondary N) is 1. The Hall–Kier alpha value is -2.02. The van der Waals surface area contributed by atoms with Crippen molar-refractivity contribution >= 4 is 11.6 Å². The number of hydrogen-bond donors (Lipinski definition) is 1. The largest absolute Gasteiger partial charge is 0.385 e. The third kappa shape index (κ3) is 3.24. The molecule has 1 N–H and O–H groups in total. The molecule has 4 heteroatoms. The Morgan fingerprint density at radius 1 is 1.28 bits per heavy atom. The Morgan fingerprint density at radius 2 is 1.94 bits per heavy atom. The van der Waals surface area contributed by atoms with Gasteiger partial charge in [0.2, 0.25) is 5.91 Å². The van der Waals surface area contributed by atoms with E-state index in [0.29, 0.717) is 18.5 Å². The third-order valence-electron chi connectivity index (χ3n) is 3.14. The number of carbonyl (C=O) groups is 1. The van der Waals surface area contributed by atoms with E-state index in [1.807, 2.05) is 17.0 Å². The van der Waals surface area contributed by atoms with Crippen molar-refractivity contribution in [3.8, 4) is 6.07 Å². The lowest BCUT2D eigenvalue weighted by atomic mass is 10.2. The lowest BCUT2D eigenvalue weighted by molar-refractivity contribution is -0.129. The standard InChI is InChI=1S/C14H17N3O/c15-11-12-3-5-13(6-4-12)16-8-7-14(18)17-9-1-2-10-17/h3-6,16H,1-2,7-10H2. The van der Waals surface area contributed by atoms with Gasteiger partial charge in [-0.25, -0.2) is 0 Å². The van der Waals surface area contributed by atoms with Gasteiger partial charge in [-0.15, -0.1) is 0 Å². The zero-order valence-corrected chi connectivity index (χ0v) is 10.4. The topological polar surface area (TPSA) is 56.1 Å². The summed E-state index contributed by atoms with van der Waals surface area (Å²) >= 11 is 0. The fourth-order valence-corrected chi connectivity index (χ4v) is 2.10. The van der Waals surface area contributed by atoms with Crippen molar-refractivity contribution in [3.63, 3.8) is 0 Å². The van der Waals surface area contributed by atoms with Crippen LogP contribution in [-0.2, 0) is 4.79 Å². The van der Waals surface area contributed by atoms with Crippen molar-refractivity contribution in [2.24, 2.45) is 0 Å². The molecule has 0 saturated carbocycles. The van der Waals surface area contributed by atoms with E-state index in [2.05, 4.69) is 11.4 Å². The van der Waals surface area contributed by atoms with Crippen LogP contribution >= 0.6 is 0 Å². The number of rotatable bonds is 4. The van der Waals surface area contributed by atoms with Gasteiger partial charge >= 0.3 is 0 Å². The number of amides is 1. The minimum atomic E-state index is 0.230. The molecule has 0 aromatic heterocycles. The van der Waals surface area contributed by atoms with Gasteiger partial charge in [0.15, 0.2) is 0 Å². The number of anilines is 1. The highest BCUT2D eigenvalue weighted by atomic mass is 16.2. The maximum absolute atomic E-state index is 11.8. The molecule has 1 fully saturated rings. The van der Waals surface area contributed by atoms with Gasteiger partial charge in [0.05, 0.1) is 11.6 Å². The molecular weight excluding hydrogens is 226 g/mol. The van der Waals surface area contributed by atoms with Gasteiger partial charge in [0.1, 0.15) is 0 Å². The van der Waals surface area contributed by atoms with Crippen molar-refractivity contribution in [2.75, 3.05) is 25.0 Å². The number of carbonyl (C=O) groups excluding carboxylic acids is 1. The number of nitrogens with zero attached hydrogens (tertiary/aromatic N) is 2. The molecule has 1 saturated heterocycles. The molecule has 1 aromatic rings. The second-order valence-electron chi connectivity index (χ2n) is 4.45. The number of likely N-dealkylation sites (tertiary alicyclic amines) is 1. The third-order valence-corrected chi connectivity index (χ3v) is 3.14. The van der Waals surface area contributed by atoms with Crippen LogP contribution in [0.15, 0.2) is 24.3 Å². The molecule has 0 spiro atoms. The summed E-state index contributed by atoms with van der Waals surface area (Å²) in [6.07, 6.45) is 2.80. The van der Waals surface area contributed by atoms with Gasteiger partial charge in [0, 0.05) is 31.7 Å². The molecule has 18 heavy (non-hydrogen) atoms. The summed E-state index contributed by atoms with van der Waals surface area (Å²) in [5.74, 6) is 0.230. The van der Waals surface area contributed by atoms with E-state index in [0.717, 1.165) is 31.6 Å². The van der Waals surface area contributed by atoms with Crippen LogP contribution in [0.2, 0.25) is 0 Å². The summed E-state index contributed by atoms with van der Waals surface area (Å²) in [5.41, 5.74) is 1.59. The van der Waals surface area contributed by atoms with Crippen molar-refractivity contribution in [1.29, 1.82) is 5.26 Å². The lowest BCUT2D eigenvalue weighted by Gasteiger charge is -2.15. The van der Waals surface area contributed by atoms with E-state index in [-0.39, 0.29) is 5.91 Å². The van der Waals surface area contributed by atoms with Crippen LogP contribution in [0.5, 0.6) is 0 Å². The predicted octanol–water partition coefficient (Wildman–Crippen LogP) is 1.98. The molecule has 1 amide bonds. The van der Waals surface area contributed by atoms with Crippen LogP contribution in [0.4, 0.5) is 5.69 Å². The quantitative estimate of drug-likeness (QED) is 0.879. The van der Waals surface area contributed by atoms with Crippen LogP contribution in [0.1, 0.15) is 24.8 Å². The number of nitriles is 1. The van der Waals surface area contributed by atoms with E-state index >= 15 is 0 Å². The molecule has 4 nitrogen and oxygen atoms in total. The average Bonchev–Trinajstić information content (AvgIpc) is 2.93. The first kappa shape index (κ1) is 12.4. The van der Waals surface area contributed by atoms with E-state index in [1.165, 1.54) is 0 Å². The number of benzene rings is 1. The summed E-state index contributed by atoms with van der Waals surface area (Å²) in [6, 6.07) is 9.33. The van der Waals surface area contributed by atoms with Crippen molar-refractivity contribution in [1.82, 2.24) is 4.90 Å². The van der Waals surface area contributed by atoms with Crippen LogP contribution in [0, 0.1) is 11.3 Å². The van der Waals surface area contributed by atoms with Crippen LogP contribution in [-0.4, -0.2) is 30.4 Å². The highest BCUT2D eigenvalue weighted by molar-refractivity contribution is 5.77. The molecule has 0 unspecified atom stereocenters. The Labute approximate surface area is 107 Å². The van der Waals surface area contributed by atoms with E-state index in [4.69, 9.17) is 5.26 Å². The Bertz CT molecular complexity index is 441. The summed E-state index contributed by atoms with van der Waals surface area (Å²) in [7, 11) is 0. The summed E-state index contributed by atoms with van der Waals surface area (Å²) in [4.78, 5) is 13.7. The molecule has 0 atom stereocenters. The maximum atomic E-state index is 11.8. The van der Waals surface area contributed by atoms with Gasteiger partial charge in [-0.1, -0.05) is 0 Å². The summed E-state index contributed by atoms with van der Waals surface area (Å²) in [6.45, 7) is 2.46. The summed E-state index contributed by atoms with van der Waals surface area (Å²) < 4.78 is 0. The lowest BCUT2D eigenvalue weighted by Crippen LogP contribution is -2.29. The smallest absolute Gasteiger partial charge is 0.224 e. The Balaban J connectivity index is 1.74. The molecule has 0 radical (unpaired) electrons. The fraction of sp³-hybridized carbons (Fsp3) is 0.429. The molecule has 2 rings (SSSR count). The van der Waals surface area contributed by atoms with Crippen molar-refractivity contribution in [2.45, 2.75) is 19.3 Å². The molecule has 1 aromatic carbocycles. The first-order valence-electron chi connectivity index (χ1n) is 6.31. The normalized spacial score (nSPS) is 14.3. The monoisotopic (exact) mass is 243 g/mol. The molecule has 1 aliphatic rings. The van der Waals surface area contributed by atoms with Crippen molar-refractivity contribution in [3.05, 3.63) is 29.8 Å². The highest BCUT2D eigenvalue weighted by Crippen LogP contribution is 2.11. The van der Waals surface area contributed by atoms with E-state index < -0.39 is 0 Å². The fourth-order valence-electron chi connectivity index (χ4n) is 2.10. The van der Waals surface area contributed by atoms with Crippen LogP contribution < -0.4 is 5.32 Å². The zero-order valence-electron chi connectivity index (χ0n) is 10.4. The van der Waals surface area contributed by atoms with Crippen LogP contribution in [0.25, 0.3) is 0 Å². The van der Waals surface area contributed by atoms with Gasteiger partial charge in [-0.2, -0.15) is 5.26 Å². The molecule has 1 aliphatic heterocycles. The first-order chi connectivity index (χ1) is 8.79. The molecule has 0 bridgehead atoms. The predicted molar refractivity (Wildman–Crippen MR) is 70.1 cm³/mol. The molecule has 94 valence electrons.